The van der Waals surface area contributed by atoms with Gasteiger partial charge in [0.1, 0.15) is 5.82 Å². The summed E-state index contributed by atoms with van der Waals surface area (Å²) in [6.07, 6.45) is 3.64. The summed E-state index contributed by atoms with van der Waals surface area (Å²) in [4.78, 5) is 28.5. The van der Waals surface area contributed by atoms with Crippen LogP contribution in [0.25, 0.3) is 11.1 Å². The van der Waals surface area contributed by atoms with E-state index >= 15 is 0 Å². The molecule has 0 bridgehead atoms. The van der Waals surface area contributed by atoms with E-state index in [0.29, 0.717) is 5.82 Å². The minimum absolute atomic E-state index is 0.0667. The van der Waals surface area contributed by atoms with Crippen LogP contribution in [0.15, 0.2) is 60.8 Å². The number of hydrogen-bond donors (Lipinski definition) is 2. The molecule has 2 aromatic carbocycles. The predicted octanol–water partition coefficient (Wildman–Crippen LogP) is 4.71. The molecule has 2 heterocycles. The number of nitrogen functional groups attached to an aromatic ring is 1. The predicted molar refractivity (Wildman–Crippen MR) is 123 cm³/mol. The molecule has 0 spiro atoms. The van der Waals surface area contributed by atoms with Crippen molar-refractivity contribution in [1.82, 2.24) is 4.98 Å². The second kappa shape index (κ2) is 9.43. The van der Waals surface area contributed by atoms with Gasteiger partial charge >= 0.3 is 5.97 Å². The smallest absolute Gasteiger partial charge is 0.335 e. The number of carbonyl (C=O) groups is 2. The first-order valence-corrected chi connectivity index (χ1v) is 10.2. The van der Waals surface area contributed by atoms with Crippen molar-refractivity contribution < 1.29 is 14.7 Å². The number of carboxylic acid groups (broad SMARTS) is 1. The number of aromatic carboxylic acids is 1. The molecule has 0 fully saturated rings. The van der Waals surface area contributed by atoms with Crippen molar-refractivity contribution in [2.75, 3.05) is 10.6 Å². The Labute approximate surface area is 182 Å². The second-order valence-electron chi connectivity index (χ2n) is 7.76. The third-order valence-corrected chi connectivity index (χ3v) is 5.35. The fourth-order valence-electron chi connectivity index (χ4n) is 3.70. The van der Waals surface area contributed by atoms with Crippen molar-refractivity contribution in [3.63, 3.8) is 0 Å². The van der Waals surface area contributed by atoms with Crippen LogP contribution >= 0.6 is 0 Å². The number of pyridine rings is 1. The van der Waals surface area contributed by atoms with E-state index < -0.39 is 5.97 Å². The van der Waals surface area contributed by atoms with Crippen molar-refractivity contribution >= 4 is 23.4 Å². The zero-order valence-electron chi connectivity index (χ0n) is 18.0. The summed E-state index contributed by atoms with van der Waals surface area (Å²) in [7, 11) is 0. The Morgan fingerprint density at radius 3 is 2.29 bits per heavy atom. The molecule has 1 aliphatic rings. The maximum Gasteiger partial charge on any atom is 0.335 e. The summed E-state index contributed by atoms with van der Waals surface area (Å²) in [5.41, 5.74) is 10.9. The summed E-state index contributed by atoms with van der Waals surface area (Å²) >= 11 is 0. The summed E-state index contributed by atoms with van der Waals surface area (Å²) in [6, 6.07) is 16.9. The third-order valence-electron chi connectivity index (χ3n) is 5.35. The minimum atomic E-state index is -0.923. The van der Waals surface area contributed by atoms with E-state index in [1.54, 1.807) is 31.3 Å². The minimum Gasteiger partial charge on any atom is -0.478 e. The van der Waals surface area contributed by atoms with Gasteiger partial charge in [-0.3, -0.25) is 4.79 Å². The number of amides is 1. The first kappa shape index (κ1) is 22.0. The molecule has 6 heteroatoms. The molecule has 31 heavy (non-hydrogen) atoms. The number of nitrogens with two attached hydrogens (primary N) is 1. The average molecular weight is 418 g/mol. The normalized spacial score (nSPS) is 14.8. The monoisotopic (exact) mass is 417 g/mol. The Hall–Kier alpha value is -3.67. The van der Waals surface area contributed by atoms with Crippen LogP contribution in [-0.4, -0.2) is 28.0 Å². The molecule has 0 radical (unpaired) electrons. The lowest BCUT2D eigenvalue weighted by Gasteiger charge is -2.34. The lowest BCUT2D eigenvalue weighted by molar-refractivity contribution is -0.117. The Kier molecular flexibility index (Phi) is 6.70. The summed E-state index contributed by atoms with van der Waals surface area (Å²) < 4.78 is 0. The second-order valence-corrected chi connectivity index (χ2v) is 7.76. The van der Waals surface area contributed by atoms with Crippen LogP contribution in [0.1, 0.15) is 41.8 Å². The molecule has 0 aliphatic carbocycles. The Morgan fingerprint density at radius 2 is 1.74 bits per heavy atom. The van der Waals surface area contributed by atoms with Gasteiger partial charge in [0.05, 0.1) is 5.56 Å². The zero-order valence-corrected chi connectivity index (χ0v) is 18.0. The van der Waals surface area contributed by atoms with Crippen LogP contribution in [0.5, 0.6) is 0 Å². The molecule has 4 rings (SSSR count). The lowest BCUT2D eigenvalue weighted by Crippen LogP contribution is -2.40. The van der Waals surface area contributed by atoms with Crippen molar-refractivity contribution in [3.05, 3.63) is 77.5 Å². The molecule has 6 nitrogen and oxygen atoms in total. The molecule has 1 atom stereocenters. The van der Waals surface area contributed by atoms with Gasteiger partial charge in [0.25, 0.3) is 0 Å². The largest absolute Gasteiger partial charge is 0.478 e. The number of anilines is 2. The Morgan fingerprint density at radius 1 is 1.06 bits per heavy atom. The first-order valence-electron chi connectivity index (χ1n) is 10.2. The van der Waals surface area contributed by atoms with Gasteiger partial charge < -0.3 is 15.7 Å². The van der Waals surface area contributed by atoms with Gasteiger partial charge in [-0.05, 0) is 79.3 Å². The zero-order chi connectivity index (χ0) is 22.5. The molecular weight excluding hydrogens is 390 g/mol. The highest BCUT2D eigenvalue weighted by molar-refractivity contribution is 5.94. The van der Waals surface area contributed by atoms with Crippen molar-refractivity contribution in [2.24, 2.45) is 0 Å². The lowest BCUT2D eigenvalue weighted by atomic mass is 9.93. The van der Waals surface area contributed by atoms with Gasteiger partial charge in [-0.1, -0.05) is 24.3 Å². The van der Waals surface area contributed by atoms with E-state index in [1.165, 1.54) is 0 Å². The van der Waals surface area contributed by atoms with E-state index in [9.17, 15) is 9.59 Å². The molecular formula is C25H27N3O3. The highest BCUT2D eigenvalue weighted by atomic mass is 16.4. The quantitative estimate of drug-likeness (QED) is 0.629. The van der Waals surface area contributed by atoms with Crippen LogP contribution in [0.4, 0.5) is 11.5 Å². The first-order chi connectivity index (χ1) is 14.8. The van der Waals surface area contributed by atoms with E-state index in [1.807, 2.05) is 42.2 Å². The molecule has 3 N–H and O–H groups in total. The standard InChI is InChI=1S/C19H19NO3.C6H8N2/c1-12-3-4-17-11-16(9-10-18(17)20(12)13(2)21)14-5-7-15(8-6-14)19(22)23;1-5-2-3-6(7)8-4-5/h5-12H,3-4H2,1-2H3,(H,22,23);2-4H,1H3,(H2,7,8)/t12-;/m0./s1. The van der Waals surface area contributed by atoms with Gasteiger partial charge in [-0.15, -0.1) is 0 Å². The van der Waals surface area contributed by atoms with Crippen molar-refractivity contribution in [3.8, 4) is 11.1 Å². The fourth-order valence-corrected chi connectivity index (χ4v) is 3.70. The molecule has 1 amide bonds. The molecule has 1 aliphatic heterocycles. The van der Waals surface area contributed by atoms with E-state index in [-0.39, 0.29) is 17.5 Å². The molecule has 0 saturated heterocycles. The maximum atomic E-state index is 11.9. The summed E-state index contributed by atoms with van der Waals surface area (Å²) in [5, 5.41) is 8.97. The van der Waals surface area contributed by atoms with Crippen molar-refractivity contribution in [1.29, 1.82) is 0 Å². The van der Waals surface area contributed by atoms with Gasteiger partial charge in [-0.2, -0.15) is 0 Å². The van der Waals surface area contributed by atoms with Gasteiger partial charge in [-0.25, -0.2) is 9.78 Å². The average Bonchev–Trinajstić information content (AvgIpc) is 2.75. The number of aryl methyl sites for hydroxylation is 2. The van der Waals surface area contributed by atoms with Crippen LogP contribution in [-0.2, 0) is 11.2 Å². The molecule has 0 unspecified atom stereocenters. The summed E-state index contributed by atoms with van der Waals surface area (Å²) in [5.74, 6) is -0.277. The highest BCUT2D eigenvalue weighted by Crippen LogP contribution is 2.34. The Bertz CT molecular complexity index is 1060. The van der Waals surface area contributed by atoms with Crippen LogP contribution < -0.4 is 10.6 Å². The number of hydrogen-bond acceptors (Lipinski definition) is 4. The molecule has 3 aromatic rings. The molecule has 160 valence electrons. The van der Waals surface area contributed by atoms with Gasteiger partial charge in [0.15, 0.2) is 0 Å². The number of carboxylic acids is 1. The van der Waals surface area contributed by atoms with E-state index in [2.05, 4.69) is 18.0 Å². The highest BCUT2D eigenvalue weighted by Gasteiger charge is 2.26. The fraction of sp³-hybridized carbons (Fsp3) is 0.240. The number of aromatic nitrogens is 1. The van der Waals surface area contributed by atoms with Gasteiger partial charge in [0.2, 0.25) is 5.91 Å². The summed E-state index contributed by atoms with van der Waals surface area (Å²) in [6.45, 7) is 5.65. The van der Waals surface area contributed by atoms with Crippen molar-refractivity contribution in [2.45, 2.75) is 39.7 Å². The number of fused-ring (bicyclic) bond motifs is 1. The topological polar surface area (TPSA) is 96.5 Å². The number of nitrogens with zero attached hydrogens (tertiary/aromatic N) is 2. The SMILES string of the molecule is CC(=O)N1c2ccc(-c3ccc(C(=O)O)cc3)cc2CC[C@@H]1C.Cc1ccc(N)nc1. The van der Waals surface area contributed by atoms with E-state index in [0.717, 1.165) is 40.8 Å². The number of rotatable bonds is 2. The molecule has 1 aromatic heterocycles. The van der Waals surface area contributed by atoms with Crippen LogP contribution in [0.3, 0.4) is 0 Å². The molecule has 0 saturated carbocycles. The van der Waals surface area contributed by atoms with Crippen LogP contribution in [0.2, 0.25) is 0 Å². The van der Waals surface area contributed by atoms with E-state index in [4.69, 9.17) is 10.8 Å². The third kappa shape index (κ3) is 5.28. The number of carbonyl (C=O) groups excluding carboxylic acids is 1. The Balaban J connectivity index is 0.000000287. The van der Waals surface area contributed by atoms with Crippen LogP contribution in [0, 0.1) is 6.92 Å². The maximum absolute atomic E-state index is 11.9. The van der Waals surface area contributed by atoms with Gasteiger partial charge in [0, 0.05) is 24.8 Å². The number of benzene rings is 2.